The lowest BCUT2D eigenvalue weighted by Gasteiger charge is -2.26. The molecule has 3 rings (SSSR count). The second-order valence-corrected chi connectivity index (χ2v) is 6.86. The van der Waals surface area contributed by atoms with Gasteiger partial charge in [-0.2, -0.15) is 11.8 Å². The minimum absolute atomic E-state index is 0.421. The minimum Gasteiger partial charge on any atom is -0.307 e. The molecule has 0 bridgehead atoms. The van der Waals surface area contributed by atoms with Gasteiger partial charge in [0.05, 0.1) is 0 Å². The van der Waals surface area contributed by atoms with Crippen LogP contribution in [0.15, 0.2) is 48.8 Å². The maximum atomic E-state index is 4.07. The van der Waals surface area contributed by atoms with Gasteiger partial charge in [-0.05, 0) is 60.1 Å². The monoisotopic (exact) mass is 298 g/mol. The fourth-order valence-corrected chi connectivity index (χ4v) is 3.93. The van der Waals surface area contributed by atoms with Gasteiger partial charge in [-0.1, -0.05) is 24.3 Å². The summed E-state index contributed by atoms with van der Waals surface area (Å²) in [5.74, 6) is 2.59. The molecule has 1 fully saturated rings. The van der Waals surface area contributed by atoms with E-state index < -0.39 is 0 Å². The van der Waals surface area contributed by atoms with E-state index in [1.165, 1.54) is 41.0 Å². The van der Waals surface area contributed by atoms with E-state index in [9.17, 15) is 0 Å². The normalized spacial score (nSPS) is 17.6. The molecule has 1 aromatic carbocycles. The Balaban J connectivity index is 1.66. The fourth-order valence-electron chi connectivity index (χ4n) is 2.82. The van der Waals surface area contributed by atoms with Gasteiger partial charge in [-0.25, -0.2) is 0 Å². The highest BCUT2D eigenvalue weighted by Gasteiger charge is 2.16. The summed E-state index contributed by atoms with van der Waals surface area (Å²) >= 11 is 2.08. The summed E-state index contributed by atoms with van der Waals surface area (Å²) in [6, 6.07) is 14.1. The summed E-state index contributed by atoms with van der Waals surface area (Å²) in [6.45, 7) is 2.27. The van der Waals surface area contributed by atoms with E-state index in [1.54, 1.807) is 0 Å². The Kier molecular flexibility index (Phi) is 4.94. The number of hydrogen-bond acceptors (Lipinski definition) is 3. The SMILES string of the molecule is C[C@@H](NC1CCSCC1)c1ccc(-c2ccncc2)cc1. The quantitative estimate of drug-likeness (QED) is 0.911. The number of aromatic nitrogens is 1. The van der Waals surface area contributed by atoms with Crippen molar-refractivity contribution in [1.29, 1.82) is 0 Å². The molecule has 1 aliphatic heterocycles. The molecule has 0 aliphatic carbocycles. The maximum Gasteiger partial charge on any atom is 0.0294 e. The number of benzene rings is 1. The highest BCUT2D eigenvalue weighted by Crippen LogP contribution is 2.23. The van der Waals surface area contributed by atoms with Crippen molar-refractivity contribution in [1.82, 2.24) is 10.3 Å². The van der Waals surface area contributed by atoms with E-state index in [0.717, 1.165) is 0 Å². The van der Waals surface area contributed by atoms with E-state index in [4.69, 9.17) is 0 Å². The molecule has 3 heteroatoms. The lowest BCUT2D eigenvalue weighted by Crippen LogP contribution is -2.34. The van der Waals surface area contributed by atoms with Crippen LogP contribution in [0.25, 0.3) is 11.1 Å². The predicted octanol–water partition coefficient (Wildman–Crippen LogP) is 4.29. The lowest BCUT2D eigenvalue weighted by molar-refractivity contribution is 0.431. The van der Waals surface area contributed by atoms with Crippen LogP contribution in [0, 0.1) is 0 Å². The summed E-state index contributed by atoms with van der Waals surface area (Å²) < 4.78 is 0. The molecule has 0 amide bonds. The van der Waals surface area contributed by atoms with Gasteiger partial charge < -0.3 is 5.32 Å². The van der Waals surface area contributed by atoms with Crippen molar-refractivity contribution in [3.63, 3.8) is 0 Å². The van der Waals surface area contributed by atoms with Crippen LogP contribution in [-0.4, -0.2) is 22.5 Å². The Morgan fingerprint density at radius 3 is 2.29 bits per heavy atom. The van der Waals surface area contributed by atoms with Gasteiger partial charge in [0.1, 0.15) is 0 Å². The molecular weight excluding hydrogens is 276 g/mol. The standard InChI is InChI=1S/C18H22N2S/c1-14(20-18-8-12-21-13-9-18)15-2-4-16(5-3-15)17-6-10-19-11-7-17/h2-7,10-11,14,18,20H,8-9,12-13H2,1H3/t14-/m1/s1. The van der Waals surface area contributed by atoms with Crippen molar-refractivity contribution in [2.75, 3.05) is 11.5 Å². The number of pyridine rings is 1. The van der Waals surface area contributed by atoms with E-state index in [2.05, 4.69) is 65.4 Å². The molecule has 0 saturated carbocycles. The molecule has 1 aliphatic rings. The van der Waals surface area contributed by atoms with E-state index >= 15 is 0 Å². The Labute approximate surface area is 131 Å². The Morgan fingerprint density at radius 2 is 1.62 bits per heavy atom. The third kappa shape index (κ3) is 3.86. The molecule has 0 spiro atoms. The lowest BCUT2D eigenvalue weighted by atomic mass is 10.0. The first-order valence-electron chi connectivity index (χ1n) is 7.67. The first kappa shape index (κ1) is 14.6. The molecule has 2 nitrogen and oxygen atoms in total. The number of hydrogen-bond donors (Lipinski definition) is 1. The van der Waals surface area contributed by atoms with E-state index in [0.29, 0.717) is 12.1 Å². The van der Waals surface area contributed by atoms with Crippen molar-refractivity contribution in [3.8, 4) is 11.1 Å². The third-order valence-electron chi connectivity index (χ3n) is 4.13. The molecular formula is C18H22N2S. The number of rotatable bonds is 4. The highest BCUT2D eigenvalue weighted by atomic mass is 32.2. The molecule has 2 heterocycles. The van der Waals surface area contributed by atoms with Crippen molar-refractivity contribution in [3.05, 3.63) is 54.4 Å². The van der Waals surface area contributed by atoms with Crippen LogP contribution in [0.2, 0.25) is 0 Å². The van der Waals surface area contributed by atoms with Crippen molar-refractivity contribution in [2.45, 2.75) is 31.8 Å². The molecule has 1 N–H and O–H groups in total. The molecule has 110 valence electrons. The Hall–Kier alpha value is -1.32. The van der Waals surface area contributed by atoms with E-state index in [1.807, 2.05) is 12.4 Å². The third-order valence-corrected chi connectivity index (χ3v) is 5.18. The van der Waals surface area contributed by atoms with Crippen LogP contribution in [-0.2, 0) is 0 Å². The number of thioether (sulfide) groups is 1. The maximum absolute atomic E-state index is 4.07. The molecule has 21 heavy (non-hydrogen) atoms. The zero-order valence-corrected chi connectivity index (χ0v) is 13.3. The zero-order valence-electron chi connectivity index (χ0n) is 12.5. The van der Waals surface area contributed by atoms with Gasteiger partial charge in [0.15, 0.2) is 0 Å². The molecule has 1 aromatic heterocycles. The molecule has 0 radical (unpaired) electrons. The van der Waals surface area contributed by atoms with Crippen LogP contribution in [0.4, 0.5) is 0 Å². The first-order chi connectivity index (χ1) is 10.3. The molecule has 2 aromatic rings. The number of nitrogens with zero attached hydrogens (tertiary/aromatic N) is 1. The van der Waals surface area contributed by atoms with Crippen LogP contribution in [0.5, 0.6) is 0 Å². The average Bonchev–Trinajstić information content (AvgIpc) is 2.57. The van der Waals surface area contributed by atoms with Crippen molar-refractivity contribution >= 4 is 11.8 Å². The zero-order chi connectivity index (χ0) is 14.5. The van der Waals surface area contributed by atoms with Gasteiger partial charge >= 0.3 is 0 Å². The van der Waals surface area contributed by atoms with Crippen molar-refractivity contribution in [2.24, 2.45) is 0 Å². The van der Waals surface area contributed by atoms with Gasteiger partial charge in [0, 0.05) is 24.5 Å². The van der Waals surface area contributed by atoms with Gasteiger partial charge in [-0.15, -0.1) is 0 Å². The molecule has 1 saturated heterocycles. The van der Waals surface area contributed by atoms with E-state index in [-0.39, 0.29) is 0 Å². The molecule has 1 atom stereocenters. The predicted molar refractivity (Wildman–Crippen MR) is 91.6 cm³/mol. The smallest absolute Gasteiger partial charge is 0.0294 e. The minimum atomic E-state index is 0.421. The second-order valence-electron chi connectivity index (χ2n) is 5.63. The summed E-state index contributed by atoms with van der Waals surface area (Å²) in [4.78, 5) is 4.07. The summed E-state index contributed by atoms with van der Waals surface area (Å²) in [5.41, 5.74) is 3.84. The first-order valence-corrected chi connectivity index (χ1v) is 8.82. The van der Waals surface area contributed by atoms with Gasteiger partial charge in [0.25, 0.3) is 0 Å². The van der Waals surface area contributed by atoms with Crippen LogP contribution in [0.3, 0.4) is 0 Å². The van der Waals surface area contributed by atoms with Gasteiger partial charge in [0.2, 0.25) is 0 Å². The second kappa shape index (κ2) is 7.10. The van der Waals surface area contributed by atoms with Crippen molar-refractivity contribution < 1.29 is 0 Å². The van der Waals surface area contributed by atoms with Gasteiger partial charge in [-0.3, -0.25) is 4.98 Å². The Bertz CT molecular complexity index is 547. The van der Waals surface area contributed by atoms with Crippen LogP contribution in [0.1, 0.15) is 31.4 Å². The van der Waals surface area contributed by atoms with Crippen LogP contribution < -0.4 is 5.32 Å². The summed E-state index contributed by atoms with van der Waals surface area (Å²) in [6.07, 6.45) is 6.28. The summed E-state index contributed by atoms with van der Waals surface area (Å²) in [5, 5.41) is 3.77. The van der Waals surface area contributed by atoms with Crippen LogP contribution >= 0.6 is 11.8 Å². The summed E-state index contributed by atoms with van der Waals surface area (Å²) in [7, 11) is 0. The average molecular weight is 298 g/mol. The Morgan fingerprint density at radius 1 is 1.00 bits per heavy atom. The largest absolute Gasteiger partial charge is 0.307 e. The topological polar surface area (TPSA) is 24.9 Å². The highest BCUT2D eigenvalue weighted by molar-refractivity contribution is 7.99. The fraction of sp³-hybridized carbons (Fsp3) is 0.389. The number of nitrogens with one attached hydrogen (secondary N) is 1. The molecule has 0 unspecified atom stereocenters.